The number of ether oxygens (including phenoxy) is 3. The van der Waals surface area contributed by atoms with Crippen LogP contribution in [0.5, 0.6) is 0 Å². The minimum Gasteiger partial charge on any atom is -0.378 e. The van der Waals surface area contributed by atoms with Gasteiger partial charge in [-0.15, -0.1) is 0 Å². The van der Waals surface area contributed by atoms with Gasteiger partial charge in [-0.25, -0.2) is 0 Å². The standard InChI is InChI=1S/C16H30N2O5/c17-5-7-21-9-11-23-12-10-22-8-6-18-16(20)13-14-1-3-15(19)4-2-14/h14H,1-13,17H2,(H,18,20). The van der Waals surface area contributed by atoms with E-state index < -0.39 is 0 Å². The molecule has 0 aromatic heterocycles. The highest BCUT2D eigenvalue weighted by Gasteiger charge is 2.20. The summed E-state index contributed by atoms with van der Waals surface area (Å²) in [4.78, 5) is 22.9. The third kappa shape index (κ3) is 11.2. The van der Waals surface area contributed by atoms with Crippen LogP contribution in [-0.4, -0.2) is 64.4 Å². The number of hydrogen-bond acceptors (Lipinski definition) is 6. The molecule has 0 atom stereocenters. The molecule has 0 radical (unpaired) electrons. The molecule has 7 nitrogen and oxygen atoms in total. The molecule has 0 heterocycles. The van der Waals surface area contributed by atoms with Gasteiger partial charge in [-0.3, -0.25) is 9.59 Å². The molecule has 0 bridgehead atoms. The van der Waals surface area contributed by atoms with E-state index in [1.54, 1.807) is 0 Å². The summed E-state index contributed by atoms with van der Waals surface area (Å²) in [5.41, 5.74) is 5.29. The largest absolute Gasteiger partial charge is 0.378 e. The number of rotatable bonds is 13. The third-order valence-electron chi connectivity index (χ3n) is 3.71. The number of carbonyl (C=O) groups excluding carboxylic acids is 2. The second kappa shape index (κ2) is 13.4. The summed E-state index contributed by atoms with van der Waals surface area (Å²) < 4.78 is 15.8. The molecule has 0 aromatic carbocycles. The molecule has 1 saturated carbocycles. The van der Waals surface area contributed by atoms with Crippen LogP contribution >= 0.6 is 0 Å². The molecular formula is C16H30N2O5. The lowest BCUT2D eigenvalue weighted by Crippen LogP contribution is -2.30. The quantitative estimate of drug-likeness (QED) is 0.470. The number of ketones is 1. The Bertz CT molecular complexity index is 328. The van der Waals surface area contributed by atoms with Crippen molar-refractivity contribution in [2.24, 2.45) is 11.7 Å². The first kappa shape index (κ1) is 20.0. The second-order valence-electron chi connectivity index (χ2n) is 5.66. The SMILES string of the molecule is NCCOCCOCCOCCNC(=O)CC1CCC(=O)CC1. The average Bonchev–Trinajstić information content (AvgIpc) is 2.55. The van der Waals surface area contributed by atoms with E-state index in [0.29, 0.717) is 83.7 Å². The van der Waals surface area contributed by atoms with E-state index in [9.17, 15) is 9.59 Å². The molecule has 1 aliphatic carbocycles. The summed E-state index contributed by atoms with van der Waals surface area (Å²) in [6, 6.07) is 0. The summed E-state index contributed by atoms with van der Waals surface area (Å²) in [6.07, 6.45) is 3.44. The smallest absolute Gasteiger partial charge is 0.220 e. The Hall–Kier alpha value is -1.02. The highest BCUT2D eigenvalue weighted by atomic mass is 16.5. The van der Waals surface area contributed by atoms with Crippen LogP contribution < -0.4 is 11.1 Å². The number of nitrogens with two attached hydrogens (primary N) is 1. The van der Waals surface area contributed by atoms with Crippen molar-refractivity contribution in [3.8, 4) is 0 Å². The van der Waals surface area contributed by atoms with Crippen molar-refractivity contribution < 1.29 is 23.8 Å². The number of carbonyl (C=O) groups is 2. The van der Waals surface area contributed by atoms with Crippen molar-refractivity contribution in [3.63, 3.8) is 0 Å². The van der Waals surface area contributed by atoms with Gasteiger partial charge in [-0.1, -0.05) is 0 Å². The molecule has 1 fully saturated rings. The predicted octanol–water partition coefficient (Wildman–Crippen LogP) is 0.261. The summed E-state index contributed by atoms with van der Waals surface area (Å²) in [5.74, 6) is 0.716. The van der Waals surface area contributed by atoms with Crippen LogP contribution in [0.25, 0.3) is 0 Å². The van der Waals surface area contributed by atoms with E-state index in [0.717, 1.165) is 12.8 Å². The molecule has 1 amide bonds. The van der Waals surface area contributed by atoms with Gasteiger partial charge in [0.05, 0.1) is 39.6 Å². The lowest BCUT2D eigenvalue weighted by atomic mass is 9.86. The maximum absolute atomic E-state index is 11.8. The van der Waals surface area contributed by atoms with Crippen molar-refractivity contribution in [1.29, 1.82) is 0 Å². The fraction of sp³-hybridized carbons (Fsp3) is 0.875. The summed E-state index contributed by atoms with van der Waals surface area (Å²) in [7, 11) is 0. The minimum absolute atomic E-state index is 0.0428. The number of nitrogens with one attached hydrogen (secondary N) is 1. The predicted molar refractivity (Wildman–Crippen MR) is 86.1 cm³/mol. The monoisotopic (exact) mass is 330 g/mol. The zero-order valence-electron chi connectivity index (χ0n) is 13.9. The van der Waals surface area contributed by atoms with Crippen LogP contribution in [0.15, 0.2) is 0 Å². The van der Waals surface area contributed by atoms with Gasteiger partial charge in [0, 0.05) is 32.4 Å². The van der Waals surface area contributed by atoms with Crippen molar-refractivity contribution in [1.82, 2.24) is 5.32 Å². The first-order valence-electron chi connectivity index (χ1n) is 8.44. The Morgan fingerprint density at radius 1 is 1.00 bits per heavy atom. The maximum Gasteiger partial charge on any atom is 0.220 e. The second-order valence-corrected chi connectivity index (χ2v) is 5.66. The molecule has 134 valence electrons. The van der Waals surface area contributed by atoms with Crippen molar-refractivity contribution in [2.75, 3.05) is 52.7 Å². The third-order valence-corrected chi connectivity index (χ3v) is 3.71. The molecule has 0 saturated heterocycles. The minimum atomic E-state index is 0.0428. The summed E-state index contributed by atoms with van der Waals surface area (Å²) in [5, 5.41) is 2.84. The van der Waals surface area contributed by atoms with Gasteiger partial charge in [0.2, 0.25) is 5.91 Å². The Balaban J connectivity index is 1.83. The van der Waals surface area contributed by atoms with Crippen molar-refractivity contribution in [3.05, 3.63) is 0 Å². The summed E-state index contributed by atoms with van der Waals surface area (Å²) in [6.45, 7) is 4.13. The fourth-order valence-electron chi connectivity index (χ4n) is 2.43. The van der Waals surface area contributed by atoms with Gasteiger partial charge in [0.1, 0.15) is 5.78 Å². The molecule has 0 unspecified atom stereocenters. The number of amides is 1. The van der Waals surface area contributed by atoms with Crippen LogP contribution in [0.4, 0.5) is 0 Å². The van der Waals surface area contributed by atoms with Gasteiger partial charge in [-0.2, -0.15) is 0 Å². The first-order chi connectivity index (χ1) is 11.2. The number of Topliss-reactive ketones (excluding diaryl/α,β-unsaturated/α-hetero) is 1. The van der Waals surface area contributed by atoms with Crippen LogP contribution in [0, 0.1) is 5.92 Å². The van der Waals surface area contributed by atoms with E-state index in [1.807, 2.05) is 0 Å². The van der Waals surface area contributed by atoms with Crippen molar-refractivity contribution >= 4 is 11.7 Å². The highest BCUT2D eigenvalue weighted by Crippen LogP contribution is 2.24. The molecule has 23 heavy (non-hydrogen) atoms. The summed E-state index contributed by atoms with van der Waals surface area (Å²) >= 11 is 0. The molecule has 0 spiro atoms. The molecule has 0 aromatic rings. The van der Waals surface area contributed by atoms with E-state index >= 15 is 0 Å². The van der Waals surface area contributed by atoms with E-state index in [2.05, 4.69) is 5.32 Å². The van der Waals surface area contributed by atoms with E-state index in [1.165, 1.54) is 0 Å². The first-order valence-corrected chi connectivity index (χ1v) is 8.44. The van der Waals surface area contributed by atoms with Gasteiger partial charge < -0.3 is 25.3 Å². The fourth-order valence-corrected chi connectivity index (χ4v) is 2.43. The molecular weight excluding hydrogens is 300 g/mol. The normalized spacial score (nSPS) is 15.8. The van der Waals surface area contributed by atoms with Gasteiger partial charge >= 0.3 is 0 Å². The maximum atomic E-state index is 11.8. The van der Waals surface area contributed by atoms with Crippen molar-refractivity contribution in [2.45, 2.75) is 32.1 Å². The lowest BCUT2D eigenvalue weighted by molar-refractivity contribution is -0.125. The average molecular weight is 330 g/mol. The Labute approximate surface area is 138 Å². The molecule has 3 N–H and O–H groups in total. The molecule has 1 rings (SSSR count). The van der Waals surface area contributed by atoms with Crippen LogP contribution in [0.3, 0.4) is 0 Å². The topological polar surface area (TPSA) is 99.9 Å². The zero-order chi connectivity index (χ0) is 16.8. The highest BCUT2D eigenvalue weighted by molar-refractivity contribution is 5.80. The zero-order valence-corrected chi connectivity index (χ0v) is 13.9. The molecule has 1 aliphatic rings. The van der Waals surface area contributed by atoms with Gasteiger partial charge in [0.25, 0.3) is 0 Å². The van der Waals surface area contributed by atoms with E-state index in [-0.39, 0.29) is 5.91 Å². The Kier molecular flexibility index (Phi) is 11.7. The van der Waals surface area contributed by atoms with Crippen LogP contribution in [-0.2, 0) is 23.8 Å². The van der Waals surface area contributed by atoms with Crippen LogP contribution in [0.2, 0.25) is 0 Å². The molecule has 0 aliphatic heterocycles. The van der Waals surface area contributed by atoms with Gasteiger partial charge in [-0.05, 0) is 18.8 Å². The lowest BCUT2D eigenvalue weighted by Gasteiger charge is -2.20. The van der Waals surface area contributed by atoms with E-state index in [4.69, 9.17) is 19.9 Å². The van der Waals surface area contributed by atoms with Crippen LogP contribution in [0.1, 0.15) is 32.1 Å². The number of hydrogen-bond donors (Lipinski definition) is 2. The Morgan fingerprint density at radius 3 is 2.17 bits per heavy atom. The molecule has 7 heteroatoms. The van der Waals surface area contributed by atoms with Gasteiger partial charge in [0.15, 0.2) is 0 Å². The Morgan fingerprint density at radius 2 is 1.57 bits per heavy atom.